The van der Waals surface area contributed by atoms with Crippen LogP contribution in [0.25, 0.3) is 0 Å². The molecule has 1 N–H and O–H groups in total. The summed E-state index contributed by atoms with van der Waals surface area (Å²) >= 11 is 3.53. The third-order valence-corrected chi connectivity index (χ3v) is 5.32. The van der Waals surface area contributed by atoms with Crippen molar-refractivity contribution in [3.63, 3.8) is 0 Å². The molecule has 0 bridgehead atoms. The van der Waals surface area contributed by atoms with E-state index >= 15 is 0 Å². The Balaban J connectivity index is 1.45. The lowest BCUT2D eigenvalue weighted by Gasteiger charge is -2.29. The molecule has 2 aliphatic rings. The summed E-state index contributed by atoms with van der Waals surface area (Å²) in [7, 11) is 0. The number of halogens is 1. The largest absolute Gasteiger partial charge is 0.488 e. The summed E-state index contributed by atoms with van der Waals surface area (Å²) in [5.41, 5.74) is 1.33. The van der Waals surface area contributed by atoms with Crippen molar-refractivity contribution in [1.82, 2.24) is 5.32 Å². The van der Waals surface area contributed by atoms with E-state index in [1.165, 1.54) is 37.7 Å². The second-order valence-corrected chi connectivity index (χ2v) is 7.15. The highest BCUT2D eigenvalue weighted by Gasteiger charge is 2.25. The maximum absolute atomic E-state index is 6.01. The van der Waals surface area contributed by atoms with Crippen molar-refractivity contribution in [2.75, 3.05) is 6.54 Å². The number of nitrogens with one attached hydrogen (secondary N) is 1. The van der Waals surface area contributed by atoms with Gasteiger partial charge in [-0.25, -0.2) is 0 Å². The fraction of sp³-hybridized carbons (Fsp3) is 0.647. The molecule has 0 spiro atoms. The molecular weight excluding hydrogens is 314 g/mol. The van der Waals surface area contributed by atoms with E-state index in [4.69, 9.17) is 4.74 Å². The minimum Gasteiger partial charge on any atom is -0.488 e. The van der Waals surface area contributed by atoms with Crippen molar-refractivity contribution in [1.29, 1.82) is 0 Å². The molecule has 0 aromatic heterocycles. The molecule has 1 unspecified atom stereocenters. The molecule has 1 aromatic rings. The molecule has 1 fully saturated rings. The molecule has 1 saturated carbocycles. The van der Waals surface area contributed by atoms with Crippen LogP contribution in [0.5, 0.6) is 5.75 Å². The molecule has 1 aliphatic heterocycles. The van der Waals surface area contributed by atoms with E-state index in [0.29, 0.717) is 12.1 Å². The van der Waals surface area contributed by atoms with E-state index in [0.717, 1.165) is 29.1 Å². The van der Waals surface area contributed by atoms with E-state index in [1.807, 2.05) is 0 Å². The first-order valence-electron chi connectivity index (χ1n) is 7.93. The summed E-state index contributed by atoms with van der Waals surface area (Å²) < 4.78 is 7.16. The van der Waals surface area contributed by atoms with Gasteiger partial charge in [-0.3, -0.25) is 0 Å². The number of hydrogen-bond donors (Lipinski definition) is 1. The van der Waals surface area contributed by atoms with E-state index in [-0.39, 0.29) is 0 Å². The molecule has 1 heterocycles. The van der Waals surface area contributed by atoms with Crippen molar-refractivity contribution in [3.05, 3.63) is 28.2 Å². The Hall–Kier alpha value is -0.540. The summed E-state index contributed by atoms with van der Waals surface area (Å²) in [6.07, 6.45) is 8.16. The molecule has 3 heteroatoms. The molecule has 0 radical (unpaired) electrons. The molecule has 20 heavy (non-hydrogen) atoms. The summed E-state index contributed by atoms with van der Waals surface area (Å²) in [5, 5.41) is 3.72. The first-order valence-corrected chi connectivity index (χ1v) is 8.72. The van der Waals surface area contributed by atoms with Crippen LogP contribution >= 0.6 is 15.9 Å². The van der Waals surface area contributed by atoms with Gasteiger partial charge in [-0.1, -0.05) is 29.3 Å². The van der Waals surface area contributed by atoms with E-state index in [1.54, 1.807) is 0 Å². The number of benzene rings is 1. The molecular formula is C17H24BrNO. The lowest BCUT2D eigenvalue weighted by Crippen LogP contribution is -2.39. The van der Waals surface area contributed by atoms with Crippen molar-refractivity contribution in [2.45, 2.75) is 57.6 Å². The Kier molecular flexibility index (Phi) is 4.67. The Morgan fingerprint density at radius 1 is 1.25 bits per heavy atom. The van der Waals surface area contributed by atoms with Gasteiger partial charge in [0.25, 0.3) is 0 Å². The number of fused-ring (bicyclic) bond motifs is 1. The van der Waals surface area contributed by atoms with Gasteiger partial charge in [0, 0.05) is 23.5 Å². The zero-order valence-corrected chi connectivity index (χ0v) is 13.8. The first-order chi connectivity index (χ1) is 9.74. The van der Waals surface area contributed by atoms with E-state index in [9.17, 15) is 0 Å². The van der Waals surface area contributed by atoms with Gasteiger partial charge in [0.1, 0.15) is 11.9 Å². The molecule has 1 aliphatic carbocycles. The maximum atomic E-state index is 6.01. The number of ether oxygens (including phenoxy) is 1. The fourth-order valence-electron chi connectivity index (χ4n) is 3.48. The smallest absolute Gasteiger partial charge is 0.123 e. The Morgan fingerprint density at radius 2 is 2.05 bits per heavy atom. The standard InChI is InChI=1S/C17H24BrNO/c1-2-12-3-6-15(7-4-12)19-11-16-10-13-9-14(18)5-8-17(13)20-16/h5,8-9,12,15-16,19H,2-4,6-7,10-11H2,1H3. The van der Waals surface area contributed by atoms with Crippen molar-refractivity contribution in [3.8, 4) is 5.75 Å². The van der Waals surface area contributed by atoms with Crippen molar-refractivity contribution in [2.24, 2.45) is 5.92 Å². The van der Waals surface area contributed by atoms with Crippen LogP contribution in [0.4, 0.5) is 0 Å². The third-order valence-electron chi connectivity index (χ3n) is 4.82. The van der Waals surface area contributed by atoms with Gasteiger partial charge in [0.2, 0.25) is 0 Å². The van der Waals surface area contributed by atoms with Crippen LogP contribution in [0.2, 0.25) is 0 Å². The summed E-state index contributed by atoms with van der Waals surface area (Å²) in [6, 6.07) is 7.02. The van der Waals surface area contributed by atoms with Crippen molar-refractivity contribution < 1.29 is 4.74 Å². The predicted octanol–water partition coefficient (Wildman–Crippen LogP) is 4.31. The SMILES string of the molecule is CCC1CCC(NCC2Cc3cc(Br)ccc3O2)CC1. The Morgan fingerprint density at radius 3 is 2.80 bits per heavy atom. The van der Waals surface area contributed by atoms with Crippen LogP contribution in [-0.2, 0) is 6.42 Å². The molecule has 0 saturated heterocycles. The average molecular weight is 338 g/mol. The van der Waals surface area contributed by atoms with Crippen molar-refractivity contribution >= 4 is 15.9 Å². The minimum absolute atomic E-state index is 0.309. The lowest BCUT2D eigenvalue weighted by atomic mass is 9.84. The van der Waals surface area contributed by atoms with Gasteiger partial charge >= 0.3 is 0 Å². The molecule has 1 atom stereocenters. The molecule has 1 aromatic carbocycles. The Labute approximate surface area is 130 Å². The molecule has 3 rings (SSSR count). The minimum atomic E-state index is 0.309. The zero-order valence-electron chi connectivity index (χ0n) is 12.2. The zero-order chi connectivity index (χ0) is 13.9. The predicted molar refractivity (Wildman–Crippen MR) is 86.3 cm³/mol. The highest BCUT2D eigenvalue weighted by atomic mass is 79.9. The second kappa shape index (κ2) is 6.48. The average Bonchev–Trinajstić information content (AvgIpc) is 2.87. The maximum Gasteiger partial charge on any atom is 0.123 e. The van der Waals surface area contributed by atoms with Gasteiger partial charge < -0.3 is 10.1 Å². The van der Waals surface area contributed by atoms with Gasteiger partial charge in [-0.05, 0) is 55.4 Å². The van der Waals surface area contributed by atoms with Gasteiger partial charge in [0.15, 0.2) is 0 Å². The van der Waals surface area contributed by atoms with Crippen LogP contribution in [-0.4, -0.2) is 18.7 Å². The third kappa shape index (κ3) is 3.37. The molecule has 0 amide bonds. The number of hydrogen-bond acceptors (Lipinski definition) is 2. The molecule has 110 valence electrons. The quantitative estimate of drug-likeness (QED) is 0.883. The summed E-state index contributed by atoms with van der Waals surface area (Å²) in [4.78, 5) is 0. The van der Waals surface area contributed by atoms with Crippen LogP contribution in [0.15, 0.2) is 22.7 Å². The normalized spacial score (nSPS) is 29.0. The summed E-state index contributed by atoms with van der Waals surface area (Å²) in [5.74, 6) is 2.03. The Bertz CT molecular complexity index is 454. The fourth-order valence-corrected chi connectivity index (χ4v) is 3.88. The van der Waals surface area contributed by atoms with E-state index < -0.39 is 0 Å². The van der Waals surface area contributed by atoms with Crippen LogP contribution in [0.3, 0.4) is 0 Å². The van der Waals surface area contributed by atoms with E-state index in [2.05, 4.69) is 46.4 Å². The van der Waals surface area contributed by atoms with Gasteiger partial charge in [-0.2, -0.15) is 0 Å². The highest BCUT2D eigenvalue weighted by molar-refractivity contribution is 9.10. The summed E-state index contributed by atoms with van der Waals surface area (Å²) in [6.45, 7) is 3.30. The van der Waals surface area contributed by atoms with Crippen LogP contribution in [0.1, 0.15) is 44.6 Å². The topological polar surface area (TPSA) is 21.3 Å². The first kappa shape index (κ1) is 14.4. The van der Waals surface area contributed by atoms with Gasteiger partial charge in [-0.15, -0.1) is 0 Å². The highest BCUT2D eigenvalue weighted by Crippen LogP contribution is 2.31. The second-order valence-electron chi connectivity index (χ2n) is 6.23. The molecule has 2 nitrogen and oxygen atoms in total. The number of rotatable bonds is 4. The lowest BCUT2D eigenvalue weighted by molar-refractivity contribution is 0.206. The van der Waals surface area contributed by atoms with Gasteiger partial charge in [0.05, 0.1) is 0 Å². The van der Waals surface area contributed by atoms with Crippen LogP contribution < -0.4 is 10.1 Å². The van der Waals surface area contributed by atoms with Crippen LogP contribution in [0, 0.1) is 5.92 Å². The monoisotopic (exact) mass is 337 g/mol.